The number of halogens is 2. The van der Waals surface area contributed by atoms with E-state index < -0.39 is 11.6 Å². The highest BCUT2D eigenvalue weighted by atomic mass is 19.1. The molecule has 1 N–H and O–H groups in total. The molecule has 4 aromatic rings. The number of carbonyl (C=O) groups is 1. The molecule has 192 valence electrons. The third-order valence-corrected chi connectivity index (χ3v) is 7.88. The first-order valence-electron chi connectivity index (χ1n) is 12.6. The summed E-state index contributed by atoms with van der Waals surface area (Å²) in [6.07, 6.45) is 8.57. The first kappa shape index (κ1) is 23.6. The van der Waals surface area contributed by atoms with Crippen molar-refractivity contribution in [3.05, 3.63) is 42.0 Å². The molecule has 7 rings (SSSR count). The van der Waals surface area contributed by atoms with Crippen LogP contribution in [0.4, 0.5) is 8.78 Å². The minimum atomic E-state index is -0.547. The van der Waals surface area contributed by atoms with E-state index in [0.29, 0.717) is 34.8 Å². The second-order valence-electron chi connectivity index (χ2n) is 10.0. The molecule has 4 heterocycles. The van der Waals surface area contributed by atoms with Crippen molar-refractivity contribution in [3.63, 3.8) is 0 Å². The van der Waals surface area contributed by atoms with Gasteiger partial charge in [0.2, 0.25) is 0 Å². The van der Waals surface area contributed by atoms with Gasteiger partial charge in [-0.2, -0.15) is 10.2 Å². The van der Waals surface area contributed by atoms with Crippen molar-refractivity contribution in [3.8, 4) is 22.8 Å². The van der Waals surface area contributed by atoms with Crippen LogP contribution >= 0.6 is 0 Å². The number of ether oxygens (including phenoxy) is 1. The van der Waals surface area contributed by atoms with Crippen LogP contribution < -0.4 is 0 Å². The van der Waals surface area contributed by atoms with Crippen LogP contribution in [0, 0.1) is 35.3 Å². The molecular weight excluding hydrogens is 480 g/mol. The Hall–Kier alpha value is -3.76. The summed E-state index contributed by atoms with van der Waals surface area (Å²) < 4.78 is 37.1. The Morgan fingerprint density at radius 2 is 1.95 bits per heavy atom. The van der Waals surface area contributed by atoms with Crippen LogP contribution in [0.3, 0.4) is 0 Å². The van der Waals surface area contributed by atoms with Gasteiger partial charge in [0.25, 0.3) is 0 Å². The van der Waals surface area contributed by atoms with Gasteiger partial charge in [-0.25, -0.2) is 23.7 Å². The monoisotopic (exact) mass is 507 g/mol. The Labute approximate surface area is 211 Å². The summed E-state index contributed by atoms with van der Waals surface area (Å²) in [6, 6.07) is 1.30. The van der Waals surface area contributed by atoms with Crippen molar-refractivity contribution in [2.75, 3.05) is 6.61 Å². The maximum Gasteiger partial charge on any atom is 0.309 e. The summed E-state index contributed by atoms with van der Waals surface area (Å²) in [5, 5.41) is 11.6. The van der Waals surface area contributed by atoms with E-state index >= 15 is 4.39 Å². The summed E-state index contributed by atoms with van der Waals surface area (Å²) in [4.78, 5) is 26.1. The fourth-order valence-electron chi connectivity index (χ4n) is 6.22. The van der Waals surface area contributed by atoms with Gasteiger partial charge in [0.05, 0.1) is 36.0 Å². The lowest BCUT2D eigenvalue weighted by Gasteiger charge is -2.47. The highest BCUT2D eigenvalue weighted by Crippen LogP contribution is 2.50. The van der Waals surface area contributed by atoms with E-state index in [4.69, 9.17) is 4.74 Å². The molecule has 0 aromatic carbocycles. The molecule has 3 aliphatic rings. The van der Waals surface area contributed by atoms with Crippen LogP contribution in [-0.2, 0) is 23.0 Å². The number of fused-ring (bicyclic) bond motifs is 4. The van der Waals surface area contributed by atoms with Crippen molar-refractivity contribution in [1.29, 1.82) is 0 Å². The number of nitrogens with one attached hydrogen (secondary N) is 1. The first-order chi connectivity index (χ1) is 17.9. The standard InChI is InChI=1S/C26H27F2N7O2/c1-3-37-26(36)20-14-6-4-13(5-7-14)17(20)9-19-21(28)22(15-10-30-35(2)12-15)32-25(31-19)23-18-8-16(27)11-29-24(18)34-33-23/h8,10-14,17,20H,3-7,9H2,1-2H3,(H,29,33,34)/t13?,14?,17-,20-/m0/s1. The van der Waals surface area contributed by atoms with Crippen LogP contribution in [0.5, 0.6) is 0 Å². The number of nitrogens with zero attached hydrogens (tertiary/aromatic N) is 6. The Balaban J connectivity index is 1.47. The maximum absolute atomic E-state index is 16.1. The number of esters is 1. The van der Waals surface area contributed by atoms with Crippen LogP contribution in [-0.4, -0.2) is 47.5 Å². The van der Waals surface area contributed by atoms with Crippen LogP contribution in [0.2, 0.25) is 0 Å². The predicted molar refractivity (Wildman–Crippen MR) is 130 cm³/mol. The highest BCUT2D eigenvalue weighted by molar-refractivity contribution is 5.89. The van der Waals surface area contributed by atoms with Gasteiger partial charge in [0, 0.05) is 18.8 Å². The average molecular weight is 508 g/mol. The minimum Gasteiger partial charge on any atom is -0.466 e. The molecule has 0 saturated heterocycles. The van der Waals surface area contributed by atoms with E-state index in [0.717, 1.165) is 31.9 Å². The lowest BCUT2D eigenvalue weighted by Crippen LogP contribution is -2.45. The second-order valence-corrected chi connectivity index (χ2v) is 10.0. The van der Waals surface area contributed by atoms with Gasteiger partial charge in [-0.3, -0.25) is 14.6 Å². The SMILES string of the molecule is CCOC(=O)[C@H]1C2CCC(CC2)[C@@H]1Cc1nc(-c2[nH]nc3ncc(F)cc23)nc(-c2cnn(C)c2)c1F. The third-order valence-electron chi connectivity index (χ3n) is 7.88. The molecule has 2 atom stereocenters. The molecule has 9 nitrogen and oxygen atoms in total. The Morgan fingerprint density at radius 1 is 1.16 bits per heavy atom. The van der Waals surface area contributed by atoms with Crippen LogP contribution in [0.1, 0.15) is 38.3 Å². The minimum absolute atomic E-state index is 0.0804. The van der Waals surface area contributed by atoms with E-state index in [2.05, 4.69) is 30.2 Å². The fourth-order valence-corrected chi connectivity index (χ4v) is 6.22. The molecule has 0 radical (unpaired) electrons. The molecule has 0 spiro atoms. The third kappa shape index (κ3) is 4.15. The molecule has 2 bridgehead atoms. The van der Waals surface area contributed by atoms with Crippen molar-refractivity contribution >= 4 is 17.0 Å². The average Bonchev–Trinajstić information content (AvgIpc) is 3.52. The van der Waals surface area contributed by atoms with E-state index in [1.807, 2.05) is 0 Å². The lowest BCUT2D eigenvalue weighted by atomic mass is 9.57. The number of hydrogen-bond donors (Lipinski definition) is 1. The number of pyridine rings is 1. The number of H-pyrrole nitrogens is 1. The smallest absolute Gasteiger partial charge is 0.309 e. The Morgan fingerprint density at radius 3 is 2.68 bits per heavy atom. The zero-order valence-electron chi connectivity index (χ0n) is 20.6. The quantitative estimate of drug-likeness (QED) is 0.388. The molecule has 0 aliphatic heterocycles. The number of hydrogen-bond acceptors (Lipinski definition) is 7. The number of aromatic nitrogens is 7. The molecule has 3 saturated carbocycles. The van der Waals surface area contributed by atoms with Crippen molar-refractivity contribution < 1.29 is 18.3 Å². The van der Waals surface area contributed by atoms with Gasteiger partial charge in [-0.05, 0) is 62.8 Å². The van der Waals surface area contributed by atoms with Crippen molar-refractivity contribution in [1.82, 2.24) is 34.9 Å². The number of carbonyl (C=O) groups excluding carboxylic acids is 1. The molecule has 4 aromatic heterocycles. The van der Waals surface area contributed by atoms with Gasteiger partial charge >= 0.3 is 5.97 Å². The molecule has 3 fully saturated rings. The molecule has 3 aliphatic carbocycles. The van der Waals surface area contributed by atoms with E-state index in [9.17, 15) is 9.18 Å². The van der Waals surface area contributed by atoms with Crippen LogP contribution in [0.25, 0.3) is 33.8 Å². The van der Waals surface area contributed by atoms with Crippen LogP contribution in [0.15, 0.2) is 24.7 Å². The normalized spacial score (nSPS) is 23.0. The zero-order chi connectivity index (χ0) is 25.7. The van der Waals surface area contributed by atoms with Crippen molar-refractivity contribution in [2.45, 2.75) is 39.0 Å². The largest absolute Gasteiger partial charge is 0.466 e. The maximum atomic E-state index is 16.1. The number of rotatable bonds is 6. The first-order valence-corrected chi connectivity index (χ1v) is 12.6. The lowest BCUT2D eigenvalue weighted by molar-refractivity contribution is -0.158. The van der Waals surface area contributed by atoms with E-state index in [1.54, 1.807) is 24.9 Å². The van der Waals surface area contributed by atoms with E-state index in [-0.39, 0.29) is 47.4 Å². The second kappa shape index (κ2) is 9.28. The summed E-state index contributed by atoms with van der Waals surface area (Å²) in [5.41, 5.74) is 1.45. The molecule has 37 heavy (non-hydrogen) atoms. The van der Waals surface area contributed by atoms with Gasteiger partial charge in [0.1, 0.15) is 17.2 Å². The summed E-state index contributed by atoms with van der Waals surface area (Å²) >= 11 is 0. The zero-order valence-corrected chi connectivity index (χ0v) is 20.6. The van der Waals surface area contributed by atoms with Gasteiger partial charge in [-0.15, -0.1) is 0 Å². The summed E-state index contributed by atoms with van der Waals surface area (Å²) in [5.74, 6) is -0.924. The molecule has 0 amide bonds. The summed E-state index contributed by atoms with van der Waals surface area (Å²) in [7, 11) is 1.74. The Bertz CT molecular complexity index is 1480. The van der Waals surface area contributed by atoms with E-state index in [1.165, 1.54) is 12.3 Å². The van der Waals surface area contributed by atoms with Crippen molar-refractivity contribution in [2.24, 2.45) is 30.7 Å². The number of aromatic amines is 1. The number of aryl methyl sites for hydroxylation is 1. The molecule has 0 unspecified atom stereocenters. The Kier molecular flexibility index (Phi) is 5.92. The highest BCUT2D eigenvalue weighted by Gasteiger charge is 2.48. The van der Waals surface area contributed by atoms with Gasteiger partial charge in [0.15, 0.2) is 17.3 Å². The van der Waals surface area contributed by atoms with Gasteiger partial charge < -0.3 is 4.74 Å². The predicted octanol–water partition coefficient (Wildman–Crippen LogP) is 4.25. The van der Waals surface area contributed by atoms with Gasteiger partial charge in [-0.1, -0.05) is 0 Å². The molecule has 11 heteroatoms. The topological polar surface area (TPSA) is 111 Å². The molecular formula is C26H27F2N7O2. The fraction of sp³-hybridized carbons (Fsp3) is 0.462. The summed E-state index contributed by atoms with van der Waals surface area (Å²) in [6.45, 7) is 2.12.